The molecular weight excluding hydrogens is 674 g/mol. The van der Waals surface area contributed by atoms with Crippen molar-refractivity contribution in [3.8, 4) is 5.75 Å². The second-order valence-corrected chi connectivity index (χ2v) is 13.2. The summed E-state index contributed by atoms with van der Waals surface area (Å²) >= 11 is 0.941. The molecule has 0 bridgehead atoms. The molecule has 254 valence electrons. The molecule has 8 N–H and O–H groups in total. The summed E-state index contributed by atoms with van der Waals surface area (Å²) in [6.45, 7) is 1.07. The molecule has 3 aliphatic rings. The van der Waals surface area contributed by atoms with Gasteiger partial charge >= 0.3 is 16.3 Å². The Kier molecular flexibility index (Phi) is 8.96. The summed E-state index contributed by atoms with van der Waals surface area (Å²) in [7, 11) is -4.98. The average Bonchev–Trinajstić information content (AvgIpc) is 3.57. The van der Waals surface area contributed by atoms with Crippen LogP contribution in [0.4, 0.5) is 5.13 Å². The number of ether oxygens (including phenoxy) is 1. The highest BCUT2D eigenvalue weighted by Crippen LogP contribution is 2.44. The molecule has 1 aliphatic carbocycles. The number of benzene rings is 1. The summed E-state index contributed by atoms with van der Waals surface area (Å²) in [5.74, 6) is -1.97. The molecule has 2 saturated heterocycles. The summed E-state index contributed by atoms with van der Waals surface area (Å²) in [6.07, 6.45) is 0.700. The fraction of sp³-hybridized carbons (Fsp3) is 0.385. The van der Waals surface area contributed by atoms with Gasteiger partial charge in [0, 0.05) is 35.9 Å². The summed E-state index contributed by atoms with van der Waals surface area (Å²) in [4.78, 5) is 55.6. The third kappa shape index (κ3) is 6.90. The largest absolute Gasteiger partial charge is 0.489 e. The van der Waals surface area contributed by atoms with Crippen LogP contribution in [0.5, 0.6) is 5.75 Å². The number of hydrogen-bond donors (Lipinski definition) is 6. The van der Waals surface area contributed by atoms with Gasteiger partial charge in [0.05, 0.1) is 18.6 Å². The zero-order valence-corrected chi connectivity index (χ0v) is 26.3. The summed E-state index contributed by atoms with van der Waals surface area (Å²) < 4.78 is 40.2. The number of carboxylic acids is 1. The number of aliphatic carboxylic acids is 1. The second-order valence-electron chi connectivity index (χ2n) is 11.0. The van der Waals surface area contributed by atoms with Crippen molar-refractivity contribution in [2.45, 2.75) is 30.8 Å². The molecule has 1 aromatic carbocycles. The van der Waals surface area contributed by atoms with Gasteiger partial charge in [-0.3, -0.25) is 23.8 Å². The number of nitrogen functional groups attached to an aromatic ring is 1. The van der Waals surface area contributed by atoms with Gasteiger partial charge in [0.2, 0.25) is 0 Å². The number of nitrogens with one attached hydrogen (secondary N) is 2. The topological polar surface area (TPSA) is 292 Å². The standard InChI is InChI=1S/C26H29N11O9S2/c27-22(33-19-14-5-29-6-15(14)19)12-1-3-13(4-2-12)45-8-18(25(40)41)46-35-20(16-9-47-26(28)32-16)23(38)34-21-17(7-36-11-30-10-31-36)37(24(21)39)48(42,43)44/h1-4,9-11,14-15,17-19,21,29H,5-8H2,(H2,27,33)(H2,28,32)(H,34,38)(H,40,41)(H,42,43,44)/t14-,15+,17-,18-,19?,21-/m0/s1. The fourth-order valence-electron chi connectivity index (χ4n) is 5.44. The highest BCUT2D eigenvalue weighted by atomic mass is 32.2. The Morgan fingerprint density at radius 1 is 1.23 bits per heavy atom. The molecule has 4 heterocycles. The van der Waals surface area contributed by atoms with E-state index in [-0.39, 0.29) is 27.7 Å². The number of piperidine rings is 1. The Balaban J connectivity index is 1.13. The van der Waals surface area contributed by atoms with Crippen LogP contribution >= 0.6 is 11.3 Å². The van der Waals surface area contributed by atoms with Crippen LogP contribution in [0, 0.1) is 11.8 Å². The van der Waals surface area contributed by atoms with Crippen LogP contribution in [0.15, 0.2) is 52.4 Å². The number of hydrogen-bond acceptors (Lipinski definition) is 15. The molecule has 20 nitrogen and oxygen atoms in total. The zero-order valence-electron chi connectivity index (χ0n) is 24.7. The molecule has 1 saturated carbocycles. The van der Waals surface area contributed by atoms with E-state index in [0.717, 1.165) is 24.4 Å². The third-order valence-electron chi connectivity index (χ3n) is 7.96. The Hall–Kier alpha value is -5.19. The van der Waals surface area contributed by atoms with E-state index in [2.05, 4.69) is 35.8 Å². The van der Waals surface area contributed by atoms with Gasteiger partial charge in [-0.2, -0.15) is 13.5 Å². The number of anilines is 1. The van der Waals surface area contributed by atoms with E-state index in [1.807, 2.05) is 0 Å². The molecular formula is C26H29N11O9S2. The highest BCUT2D eigenvalue weighted by Gasteiger charge is 2.55. The van der Waals surface area contributed by atoms with Gasteiger partial charge in [0.15, 0.2) is 10.8 Å². The van der Waals surface area contributed by atoms with Crippen LogP contribution in [0.1, 0.15) is 11.3 Å². The van der Waals surface area contributed by atoms with Crippen molar-refractivity contribution in [1.82, 2.24) is 34.7 Å². The van der Waals surface area contributed by atoms with Crippen molar-refractivity contribution in [2.75, 3.05) is 25.4 Å². The maximum Gasteiger partial charge on any atom is 0.362 e. The Morgan fingerprint density at radius 2 is 1.96 bits per heavy atom. The van der Waals surface area contributed by atoms with Crippen LogP contribution in [0.3, 0.4) is 0 Å². The van der Waals surface area contributed by atoms with Crippen LogP contribution in [0.25, 0.3) is 0 Å². The van der Waals surface area contributed by atoms with Gasteiger partial charge in [-0.25, -0.2) is 19.1 Å². The normalized spacial score (nSPS) is 24.4. The second kappa shape index (κ2) is 13.1. The number of thiazole rings is 1. The first kappa shape index (κ1) is 32.7. The number of carboxylic acid groups (broad SMARTS) is 1. The van der Waals surface area contributed by atoms with Crippen molar-refractivity contribution in [3.05, 3.63) is 53.6 Å². The van der Waals surface area contributed by atoms with Gasteiger partial charge in [-0.05, 0) is 24.3 Å². The number of nitrogens with zero attached hydrogens (tertiary/aromatic N) is 7. The number of rotatable bonds is 14. The molecule has 0 radical (unpaired) electrons. The molecule has 6 atom stereocenters. The minimum atomic E-state index is -4.98. The number of β-lactam (4-membered cyclic amide) rings is 1. The first-order valence-electron chi connectivity index (χ1n) is 14.3. The quantitative estimate of drug-likeness (QED) is 0.0338. The fourth-order valence-corrected chi connectivity index (χ4v) is 6.86. The molecule has 1 unspecified atom stereocenters. The number of carbonyl (C=O) groups is 3. The highest BCUT2D eigenvalue weighted by molar-refractivity contribution is 7.84. The number of amides is 2. The number of amidine groups is 1. The number of nitrogens with two attached hydrogens (primary N) is 2. The van der Waals surface area contributed by atoms with Gasteiger partial charge in [-0.15, -0.1) is 11.3 Å². The molecule has 3 aromatic rings. The molecule has 0 spiro atoms. The SMILES string of the molecule is NC(=NC1[C@H]2CNC[C@@H]12)c1ccc(OC[C@H](ON=C(C(=O)N[C@@H]2C(=O)N(S(=O)(=O)O)[C@H]2Cn2cncn2)c2csc(N)n2)C(=O)O)cc1. The van der Waals surface area contributed by atoms with Crippen LogP contribution in [-0.2, 0) is 36.1 Å². The van der Waals surface area contributed by atoms with E-state index in [0.29, 0.717) is 29.0 Å². The molecule has 2 aliphatic heterocycles. The minimum absolute atomic E-state index is 0.0380. The molecule has 22 heteroatoms. The number of aromatic nitrogens is 4. The Bertz CT molecular complexity index is 1850. The van der Waals surface area contributed by atoms with E-state index in [4.69, 9.17) is 21.0 Å². The van der Waals surface area contributed by atoms with Crippen molar-refractivity contribution in [1.29, 1.82) is 0 Å². The molecule has 6 rings (SSSR count). The lowest BCUT2D eigenvalue weighted by Crippen LogP contribution is -2.73. The lowest BCUT2D eigenvalue weighted by atomic mass is 9.98. The predicted octanol–water partition coefficient (Wildman–Crippen LogP) is -2.31. The first-order chi connectivity index (χ1) is 22.9. The smallest absolute Gasteiger partial charge is 0.362 e. The summed E-state index contributed by atoms with van der Waals surface area (Å²) in [5.41, 5.74) is 11.9. The van der Waals surface area contributed by atoms with Crippen molar-refractivity contribution >= 4 is 56.1 Å². The first-order valence-corrected chi connectivity index (χ1v) is 16.6. The average molecular weight is 704 g/mol. The van der Waals surface area contributed by atoms with Crippen LogP contribution in [0.2, 0.25) is 0 Å². The lowest BCUT2D eigenvalue weighted by molar-refractivity contribution is -0.152. The van der Waals surface area contributed by atoms with Crippen molar-refractivity contribution in [3.63, 3.8) is 0 Å². The number of fused-ring (bicyclic) bond motifs is 1. The minimum Gasteiger partial charge on any atom is -0.489 e. The van der Waals surface area contributed by atoms with E-state index in [9.17, 15) is 32.5 Å². The van der Waals surface area contributed by atoms with E-state index < -0.39 is 58.6 Å². The number of aliphatic imine (C=N–C) groups is 1. The van der Waals surface area contributed by atoms with Crippen molar-refractivity contribution < 1.29 is 42.0 Å². The monoisotopic (exact) mass is 703 g/mol. The molecule has 3 fully saturated rings. The predicted molar refractivity (Wildman–Crippen MR) is 166 cm³/mol. The number of oxime groups is 1. The summed E-state index contributed by atoms with van der Waals surface area (Å²) in [6, 6.07) is 4.02. The third-order valence-corrected chi connectivity index (χ3v) is 9.58. The van der Waals surface area contributed by atoms with E-state index >= 15 is 0 Å². The molecule has 48 heavy (non-hydrogen) atoms. The Labute approximate surface area is 275 Å². The van der Waals surface area contributed by atoms with Crippen LogP contribution in [-0.4, -0.2) is 115 Å². The van der Waals surface area contributed by atoms with Crippen molar-refractivity contribution in [2.24, 2.45) is 27.7 Å². The van der Waals surface area contributed by atoms with E-state index in [1.54, 1.807) is 24.3 Å². The zero-order chi connectivity index (χ0) is 34.2. The lowest BCUT2D eigenvalue weighted by Gasteiger charge is -2.43. The maximum absolute atomic E-state index is 13.4. The van der Waals surface area contributed by atoms with Gasteiger partial charge in [-0.1, -0.05) is 5.16 Å². The molecule has 2 amide bonds. The van der Waals surface area contributed by atoms with Crippen LogP contribution < -0.4 is 26.8 Å². The van der Waals surface area contributed by atoms with Gasteiger partial charge in [0.1, 0.15) is 42.6 Å². The van der Waals surface area contributed by atoms with Gasteiger partial charge in [0.25, 0.3) is 17.9 Å². The Morgan fingerprint density at radius 3 is 2.56 bits per heavy atom. The number of carbonyl (C=O) groups excluding carboxylic acids is 2. The molecule has 2 aromatic heterocycles. The summed E-state index contributed by atoms with van der Waals surface area (Å²) in [5, 5.41) is 24.3. The van der Waals surface area contributed by atoms with Gasteiger partial charge < -0.3 is 36.8 Å². The maximum atomic E-state index is 13.4. The van der Waals surface area contributed by atoms with E-state index in [1.165, 1.54) is 22.7 Å².